The first-order chi connectivity index (χ1) is 8.49. The molecule has 106 valence electrons. The van der Waals surface area contributed by atoms with E-state index in [-0.39, 0.29) is 29.8 Å². The van der Waals surface area contributed by atoms with Crippen molar-refractivity contribution in [3.63, 3.8) is 0 Å². The van der Waals surface area contributed by atoms with E-state index >= 15 is 0 Å². The second-order valence-electron chi connectivity index (χ2n) is 3.65. The second-order valence-corrected chi connectivity index (χ2v) is 3.65. The van der Waals surface area contributed by atoms with Gasteiger partial charge in [0, 0.05) is 11.8 Å². The average molecular weight is 290 g/mol. The van der Waals surface area contributed by atoms with E-state index in [9.17, 15) is 14.9 Å². The van der Waals surface area contributed by atoms with Crippen LogP contribution in [0.15, 0.2) is 18.2 Å². The molecule has 1 amide bonds. The molecule has 8 heteroatoms. The molecule has 1 aromatic rings. The maximum Gasteiger partial charge on any atom is 0.312 e. The van der Waals surface area contributed by atoms with Gasteiger partial charge in [-0.2, -0.15) is 0 Å². The molecule has 3 N–H and O–H groups in total. The van der Waals surface area contributed by atoms with Gasteiger partial charge in [0.15, 0.2) is 5.75 Å². The Hall–Kier alpha value is -1.86. The first-order valence-electron chi connectivity index (χ1n) is 5.38. The fourth-order valence-electron chi connectivity index (χ4n) is 1.33. The summed E-state index contributed by atoms with van der Waals surface area (Å²) in [6.45, 7) is 1.78. The first kappa shape index (κ1) is 17.1. The summed E-state index contributed by atoms with van der Waals surface area (Å²) in [6.07, 6.45) is 0.490. The number of nitrogens with zero attached hydrogens (tertiary/aromatic N) is 1. The third kappa shape index (κ3) is 4.38. The number of hydrogen-bond donors (Lipinski definition) is 2. The van der Waals surface area contributed by atoms with E-state index in [0.717, 1.165) is 0 Å². The van der Waals surface area contributed by atoms with Crippen LogP contribution in [0, 0.1) is 10.1 Å². The molecular formula is C11H16ClN3O4. The van der Waals surface area contributed by atoms with E-state index < -0.39 is 11.0 Å². The fourth-order valence-corrected chi connectivity index (χ4v) is 1.33. The maximum absolute atomic E-state index is 11.5. The Morgan fingerprint density at radius 3 is 2.68 bits per heavy atom. The van der Waals surface area contributed by atoms with Crippen LogP contribution >= 0.6 is 12.4 Å². The van der Waals surface area contributed by atoms with Crippen LogP contribution in [0.1, 0.15) is 13.3 Å². The molecule has 19 heavy (non-hydrogen) atoms. The average Bonchev–Trinajstić information content (AvgIpc) is 2.37. The number of carbonyl (C=O) groups is 1. The minimum absolute atomic E-state index is 0. The summed E-state index contributed by atoms with van der Waals surface area (Å²) in [5.41, 5.74) is 5.66. The maximum atomic E-state index is 11.5. The van der Waals surface area contributed by atoms with E-state index in [0.29, 0.717) is 12.1 Å². The summed E-state index contributed by atoms with van der Waals surface area (Å²) in [4.78, 5) is 21.8. The predicted molar refractivity (Wildman–Crippen MR) is 73.8 cm³/mol. The Bertz CT molecular complexity index is 467. The lowest BCUT2D eigenvalue weighted by Gasteiger charge is -2.10. The van der Waals surface area contributed by atoms with Crippen molar-refractivity contribution in [2.24, 2.45) is 5.73 Å². The third-order valence-corrected chi connectivity index (χ3v) is 2.42. The number of nitro groups is 1. The Labute approximate surface area is 116 Å². The van der Waals surface area contributed by atoms with Gasteiger partial charge < -0.3 is 15.8 Å². The number of anilines is 1. The SMILES string of the molecule is CC[C@H](N)C(=O)Nc1ccc(OC)c([N+](=O)[O-])c1.Cl. The van der Waals surface area contributed by atoms with Crippen LogP contribution in [-0.2, 0) is 4.79 Å². The van der Waals surface area contributed by atoms with E-state index in [4.69, 9.17) is 10.5 Å². The summed E-state index contributed by atoms with van der Waals surface area (Å²) in [5.74, 6) is -0.241. The Morgan fingerprint density at radius 2 is 2.21 bits per heavy atom. The van der Waals surface area contributed by atoms with Crippen molar-refractivity contribution in [2.45, 2.75) is 19.4 Å². The molecule has 0 bridgehead atoms. The van der Waals surface area contributed by atoms with E-state index in [1.54, 1.807) is 6.92 Å². The van der Waals surface area contributed by atoms with Gasteiger partial charge in [-0.15, -0.1) is 12.4 Å². The van der Waals surface area contributed by atoms with Gasteiger partial charge in [-0.05, 0) is 18.6 Å². The molecule has 0 saturated heterocycles. The lowest BCUT2D eigenvalue weighted by atomic mass is 10.2. The summed E-state index contributed by atoms with van der Waals surface area (Å²) in [7, 11) is 1.34. The van der Waals surface area contributed by atoms with Gasteiger partial charge in [0.2, 0.25) is 5.91 Å². The standard InChI is InChI=1S/C11H15N3O4.ClH/c1-3-8(12)11(15)13-7-4-5-10(18-2)9(6-7)14(16)17;/h4-6,8H,3,12H2,1-2H3,(H,13,15);1H/t8-;/m0./s1. The highest BCUT2D eigenvalue weighted by Crippen LogP contribution is 2.29. The van der Waals surface area contributed by atoms with Gasteiger partial charge in [0.1, 0.15) is 0 Å². The van der Waals surface area contributed by atoms with Crippen LogP contribution in [0.3, 0.4) is 0 Å². The van der Waals surface area contributed by atoms with Gasteiger partial charge >= 0.3 is 5.69 Å². The van der Waals surface area contributed by atoms with E-state index in [1.165, 1.54) is 25.3 Å². The summed E-state index contributed by atoms with van der Waals surface area (Å²) >= 11 is 0. The summed E-state index contributed by atoms with van der Waals surface area (Å²) in [5, 5.41) is 13.3. The molecule has 0 unspecified atom stereocenters. The van der Waals surface area contributed by atoms with Crippen molar-refractivity contribution < 1.29 is 14.5 Å². The van der Waals surface area contributed by atoms with Crippen molar-refractivity contribution in [3.05, 3.63) is 28.3 Å². The molecule has 0 fully saturated rings. The fraction of sp³-hybridized carbons (Fsp3) is 0.364. The third-order valence-electron chi connectivity index (χ3n) is 2.42. The van der Waals surface area contributed by atoms with Crippen LogP contribution in [-0.4, -0.2) is 24.0 Å². The topological polar surface area (TPSA) is 107 Å². The van der Waals surface area contributed by atoms with E-state index in [1.807, 2.05) is 0 Å². The van der Waals surface area contributed by atoms with Gasteiger partial charge in [-0.25, -0.2) is 0 Å². The molecule has 0 spiro atoms. The zero-order chi connectivity index (χ0) is 13.7. The van der Waals surface area contributed by atoms with Crippen LogP contribution in [0.25, 0.3) is 0 Å². The Balaban J connectivity index is 0.00000324. The smallest absolute Gasteiger partial charge is 0.312 e. The van der Waals surface area contributed by atoms with Crippen molar-refractivity contribution in [3.8, 4) is 5.75 Å². The number of halogens is 1. The quantitative estimate of drug-likeness (QED) is 0.633. The number of methoxy groups -OCH3 is 1. The molecule has 0 aliphatic heterocycles. The molecule has 0 saturated carbocycles. The number of carbonyl (C=O) groups excluding carboxylic acids is 1. The van der Waals surface area contributed by atoms with Crippen LogP contribution in [0.4, 0.5) is 11.4 Å². The normalized spacial score (nSPS) is 11.1. The van der Waals surface area contributed by atoms with Gasteiger partial charge in [-0.1, -0.05) is 6.92 Å². The number of hydrogen-bond acceptors (Lipinski definition) is 5. The van der Waals surface area contributed by atoms with Crippen molar-refractivity contribution >= 4 is 29.7 Å². The zero-order valence-electron chi connectivity index (χ0n) is 10.6. The molecular weight excluding hydrogens is 274 g/mol. The molecule has 0 aromatic heterocycles. The number of amides is 1. The van der Waals surface area contributed by atoms with Crippen molar-refractivity contribution in [1.29, 1.82) is 0 Å². The van der Waals surface area contributed by atoms with Gasteiger partial charge in [0.25, 0.3) is 0 Å². The molecule has 7 nitrogen and oxygen atoms in total. The van der Waals surface area contributed by atoms with Crippen molar-refractivity contribution in [1.82, 2.24) is 0 Å². The molecule has 0 radical (unpaired) electrons. The highest BCUT2D eigenvalue weighted by Gasteiger charge is 2.17. The zero-order valence-corrected chi connectivity index (χ0v) is 11.4. The minimum atomic E-state index is -0.633. The Morgan fingerprint density at radius 1 is 1.58 bits per heavy atom. The molecule has 0 aliphatic carbocycles. The Kier molecular flexibility index (Phi) is 6.81. The lowest BCUT2D eigenvalue weighted by molar-refractivity contribution is -0.385. The number of nitrogens with one attached hydrogen (secondary N) is 1. The summed E-state index contributed by atoms with van der Waals surface area (Å²) in [6, 6.07) is 3.54. The number of ether oxygens (including phenoxy) is 1. The van der Waals surface area contributed by atoms with Crippen LogP contribution in [0.2, 0.25) is 0 Å². The molecule has 1 atom stereocenters. The van der Waals surface area contributed by atoms with Crippen LogP contribution < -0.4 is 15.8 Å². The van der Waals surface area contributed by atoms with Crippen LogP contribution in [0.5, 0.6) is 5.75 Å². The van der Waals surface area contributed by atoms with Gasteiger partial charge in [-0.3, -0.25) is 14.9 Å². The predicted octanol–water partition coefficient (Wildman–Crippen LogP) is 1.70. The minimum Gasteiger partial charge on any atom is -0.490 e. The molecule has 0 heterocycles. The highest BCUT2D eigenvalue weighted by molar-refractivity contribution is 5.95. The highest BCUT2D eigenvalue weighted by atomic mass is 35.5. The van der Waals surface area contributed by atoms with Crippen molar-refractivity contribution in [2.75, 3.05) is 12.4 Å². The molecule has 1 aromatic carbocycles. The monoisotopic (exact) mass is 289 g/mol. The number of rotatable bonds is 5. The molecule has 0 aliphatic rings. The molecule has 1 rings (SSSR count). The number of nitro benzene ring substituents is 1. The lowest BCUT2D eigenvalue weighted by Crippen LogP contribution is -2.34. The summed E-state index contributed by atoms with van der Waals surface area (Å²) < 4.78 is 4.86. The van der Waals surface area contributed by atoms with Gasteiger partial charge in [0.05, 0.1) is 18.1 Å². The first-order valence-corrected chi connectivity index (χ1v) is 5.38. The second kappa shape index (κ2) is 7.55. The number of benzene rings is 1. The van der Waals surface area contributed by atoms with E-state index in [2.05, 4.69) is 5.32 Å². The largest absolute Gasteiger partial charge is 0.490 e. The number of nitrogens with two attached hydrogens (primary N) is 1.